The molecule has 0 spiro atoms. The minimum absolute atomic E-state index is 0.0508. The van der Waals surface area contributed by atoms with Gasteiger partial charge in [0.2, 0.25) is 0 Å². The minimum Gasteiger partial charge on any atom is -0.445 e. The van der Waals surface area contributed by atoms with Crippen LogP contribution in [0.2, 0.25) is 0 Å². The zero-order chi connectivity index (χ0) is 15.1. The SMILES string of the molecule is N#C[C@@]1(NC(=O)OCc2ccccc2)CC[C@H](CO)OC1. The van der Waals surface area contributed by atoms with Crippen molar-refractivity contribution < 1.29 is 19.4 Å². The van der Waals surface area contributed by atoms with Gasteiger partial charge in [0.1, 0.15) is 6.61 Å². The lowest BCUT2D eigenvalue weighted by Gasteiger charge is -2.34. The number of hydrogen-bond acceptors (Lipinski definition) is 5. The van der Waals surface area contributed by atoms with Crippen molar-refractivity contribution in [3.05, 3.63) is 35.9 Å². The van der Waals surface area contributed by atoms with Gasteiger partial charge in [0.05, 0.1) is 25.4 Å². The molecule has 6 heteroatoms. The lowest BCUT2D eigenvalue weighted by atomic mass is 9.92. The quantitative estimate of drug-likeness (QED) is 0.873. The number of benzene rings is 1. The molecule has 1 aliphatic rings. The van der Waals surface area contributed by atoms with E-state index in [1.54, 1.807) is 0 Å². The Balaban J connectivity index is 1.85. The van der Waals surface area contributed by atoms with Crippen LogP contribution in [0.25, 0.3) is 0 Å². The summed E-state index contributed by atoms with van der Waals surface area (Å²) in [5.41, 5.74) is -0.210. The van der Waals surface area contributed by atoms with Crippen LogP contribution in [0.3, 0.4) is 0 Å². The summed E-state index contributed by atoms with van der Waals surface area (Å²) >= 11 is 0. The van der Waals surface area contributed by atoms with E-state index in [4.69, 9.17) is 14.6 Å². The van der Waals surface area contributed by atoms with Gasteiger partial charge >= 0.3 is 6.09 Å². The first kappa shape index (κ1) is 15.3. The van der Waals surface area contributed by atoms with Crippen LogP contribution < -0.4 is 5.32 Å². The van der Waals surface area contributed by atoms with Crippen LogP contribution in [0.5, 0.6) is 0 Å². The number of rotatable bonds is 4. The van der Waals surface area contributed by atoms with Crippen molar-refractivity contribution in [2.45, 2.75) is 31.1 Å². The Morgan fingerprint density at radius 2 is 2.29 bits per heavy atom. The van der Waals surface area contributed by atoms with Crippen LogP contribution in [-0.4, -0.2) is 36.1 Å². The van der Waals surface area contributed by atoms with Gasteiger partial charge in [-0.3, -0.25) is 0 Å². The molecule has 1 amide bonds. The van der Waals surface area contributed by atoms with Gasteiger partial charge in [0.15, 0.2) is 5.54 Å². The molecule has 1 saturated heterocycles. The highest BCUT2D eigenvalue weighted by molar-refractivity contribution is 5.69. The maximum absolute atomic E-state index is 11.8. The van der Waals surface area contributed by atoms with Crippen LogP contribution in [0.4, 0.5) is 4.79 Å². The van der Waals surface area contributed by atoms with Crippen LogP contribution in [0, 0.1) is 11.3 Å². The Kier molecular flexibility index (Phi) is 5.14. The van der Waals surface area contributed by atoms with Gasteiger partial charge in [-0.1, -0.05) is 30.3 Å². The number of amides is 1. The summed E-state index contributed by atoms with van der Waals surface area (Å²) < 4.78 is 10.5. The van der Waals surface area contributed by atoms with Gasteiger partial charge in [-0.25, -0.2) is 4.79 Å². The largest absolute Gasteiger partial charge is 0.445 e. The second-order valence-electron chi connectivity index (χ2n) is 5.03. The lowest BCUT2D eigenvalue weighted by Crippen LogP contribution is -2.54. The van der Waals surface area contributed by atoms with Gasteiger partial charge < -0.3 is 19.9 Å². The molecule has 6 nitrogen and oxygen atoms in total. The fourth-order valence-corrected chi connectivity index (χ4v) is 2.14. The number of nitrogens with zero attached hydrogens (tertiary/aromatic N) is 1. The van der Waals surface area contributed by atoms with E-state index in [9.17, 15) is 10.1 Å². The number of hydrogen-bond donors (Lipinski definition) is 2. The zero-order valence-corrected chi connectivity index (χ0v) is 11.6. The second kappa shape index (κ2) is 7.07. The molecule has 1 aromatic carbocycles. The topological polar surface area (TPSA) is 91.6 Å². The maximum Gasteiger partial charge on any atom is 0.408 e. The summed E-state index contributed by atoms with van der Waals surface area (Å²) in [7, 11) is 0. The van der Waals surface area contributed by atoms with Crippen molar-refractivity contribution in [2.75, 3.05) is 13.2 Å². The van der Waals surface area contributed by atoms with Crippen molar-refractivity contribution >= 4 is 6.09 Å². The molecule has 0 bridgehead atoms. The third-order valence-corrected chi connectivity index (χ3v) is 3.43. The predicted molar refractivity (Wildman–Crippen MR) is 74.2 cm³/mol. The standard InChI is InChI=1S/C15H18N2O4/c16-10-15(7-6-13(8-18)21-11-15)17-14(19)20-9-12-4-2-1-3-5-12/h1-5,13,18H,6-9,11H2,(H,17,19)/t13-,15+/m1/s1. The van der Waals surface area contributed by atoms with Gasteiger partial charge in [-0.05, 0) is 18.4 Å². The highest BCUT2D eigenvalue weighted by Crippen LogP contribution is 2.22. The average Bonchev–Trinajstić information content (AvgIpc) is 2.54. The van der Waals surface area contributed by atoms with Crippen LogP contribution in [0.1, 0.15) is 18.4 Å². The summed E-state index contributed by atoms with van der Waals surface area (Å²) in [4.78, 5) is 11.8. The normalized spacial score (nSPS) is 24.9. The highest BCUT2D eigenvalue weighted by atomic mass is 16.5. The predicted octanol–water partition coefficient (Wildman–Crippen LogP) is 1.35. The average molecular weight is 290 g/mol. The molecular formula is C15H18N2O4. The van der Waals surface area contributed by atoms with E-state index in [2.05, 4.69) is 11.4 Å². The number of ether oxygens (including phenoxy) is 2. The van der Waals surface area contributed by atoms with Crippen molar-refractivity contribution in [3.63, 3.8) is 0 Å². The second-order valence-corrected chi connectivity index (χ2v) is 5.03. The molecule has 0 saturated carbocycles. The van der Waals surface area contributed by atoms with E-state index < -0.39 is 11.6 Å². The molecule has 2 N–H and O–H groups in total. The van der Waals surface area contributed by atoms with E-state index >= 15 is 0 Å². The fraction of sp³-hybridized carbons (Fsp3) is 0.467. The van der Waals surface area contributed by atoms with E-state index in [-0.39, 0.29) is 25.9 Å². The third kappa shape index (κ3) is 4.18. The molecule has 112 valence electrons. The number of aliphatic hydroxyl groups excluding tert-OH is 1. The van der Waals surface area contributed by atoms with E-state index in [0.717, 1.165) is 5.56 Å². The first-order valence-corrected chi connectivity index (χ1v) is 6.80. The number of carbonyl (C=O) groups excluding carboxylic acids is 1. The van der Waals surface area contributed by atoms with Crippen molar-refractivity contribution in [1.82, 2.24) is 5.32 Å². The maximum atomic E-state index is 11.8. The molecule has 2 atom stereocenters. The van der Waals surface area contributed by atoms with E-state index in [0.29, 0.717) is 12.8 Å². The molecule has 1 heterocycles. The van der Waals surface area contributed by atoms with Crippen molar-refractivity contribution in [1.29, 1.82) is 5.26 Å². The molecule has 1 fully saturated rings. The van der Waals surface area contributed by atoms with Crippen LogP contribution >= 0.6 is 0 Å². The summed E-state index contributed by atoms with van der Waals surface area (Å²) in [5, 5.41) is 20.8. The molecule has 2 rings (SSSR count). The molecule has 0 unspecified atom stereocenters. The Labute approximate surface area is 123 Å². The molecule has 0 aliphatic carbocycles. The van der Waals surface area contributed by atoms with Gasteiger partial charge in [0.25, 0.3) is 0 Å². The monoisotopic (exact) mass is 290 g/mol. The number of carbonyl (C=O) groups is 1. The van der Waals surface area contributed by atoms with Crippen molar-refractivity contribution in [3.8, 4) is 6.07 Å². The van der Waals surface area contributed by atoms with Gasteiger partial charge in [0, 0.05) is 0 Å². The van der Waals surface area contributed by atoms with E-state index in [1.165, 1.54) is 0 Å². The third-order valence-electron chi connectivity index (χ3n) is 3.43. The van der Waals surface area contributed by atoms with Gasteiger partial charge in [-0.15, -0.1) is 0 Å². The summed E-state index contributed by atoms with van der Waals surface area (Å²) in [6.45, 7) is 0.115. The summed E-state index contributed by atoms with van der Waals surface area (Å²) in [6, 6.07) is 11.4. The number of nitrogens with one attached hydrogen (secondary N) is 1. The first-order valence-electron chi connectivity index (χ1n) is 6.80. The Bertz CT molecular complexity index is 504. The zero-order valence-electron chi connectivity index (χ0n) is 11.6. The summed E-state index contributed by atoms with van der Waals surface area (Å²) in [5.74, 6) is 0. The van der Waals surface area contributed by atoms with Crippen LogP contribution in [0.15, 0.2) is 30.3 Å². The molecule has 1 aliphatic heterocycles. The van der Waals surface area contributed by atoms with Crippen LogP contribution in [-0.2, 0) is 16.1 Å². The minimum atomic E-state index is -1.08. The molecular weight excluding hydrogens is 272 g/mol. The lowest BCUT2D eigenvalue weighted by molar-refractivity contribution is -0.0470. The molecule has 1 aromatic rings. The fourth-order valence-electron chi connectivity index (χ4n) is 2.14. The Morgan fingerprint density at radius 1 is 1.52 bits per heavy atom. The Morgan fingerprint density at radius 3 is 2.86 bits per heavy atom. The molecule has 0 radical (unpaired) electrons. The van der Waals surface area contributed by atoms with E-state index in [1.807, 2.05) is 30.3 Å². The molecule has 21 heavy (non-hydrogen) atoms. The highest BCUT2D eigenvalue weighted by Gasteiger charge is 2.38. The van der Waals surface area contributed by atoms with Crippen molar-refractivity contribution in [2.24, 2.45) is 0 Å². The Hall–Kier alpha value is -2.10. The molecule has 0 aromatic heterocycles. The number of alkyl carbamates (subject to hydrolysis) is 1. The smallest absolute Gasteiger partial charge is 0.408 e. The van der Waals surface area contributed by atoms with Gasteiger partial charge in [-0.2, -0.15) is 5.26 Å². The summed E-state index contributed by atoms with van der Waals surface area (Å²) in [6.07, 6.45) is 0.0260. The number of nitriles is 1. The first-order chi connectivity index (χ1) is 10.2. The number of aliphatic hydroxyl groups is 1.